The number of aliphatic hydroxyl groups is 1. The molecule has 0 radical (unpaired) electrons. The van der Waals surface area contributed by atoms with Gasteiger partial charge in [0.2, 0.25) is 0 Å². The summed E-state index contributed by atoms with van der Waals surface area (Å²) in [6.45, 7) is 2.06. The molecule has 0 bridgehead atoms. The van der Waals surface area contributed by atoms with E-state index < -0.39 is 0 Å². The Morgan fingerprint density at radius 3 is 3.00 bits per heavy atom. The molecule has 1 N–H and O–H groups in total. The maximum atomic E-state index is 9.08. The van der Waals surface area contributed by atoms with Gasteiger partial charge in [-0.25, -0.2) is 0 Å². The molecule has 0 aliphatic heterocycles. The summed E-state index contributed by atoms with van der Waals surface area (Å²) in [5.74, 6) is 0. The number of thiophene rings is 1. The molecule has 1 heterocycles. The number of fused-ring (bicyclic) bond motifs is 1. The van der Waals surface area contributed by atoms with Crippen molar-refractivity contribution in [1.82, 2.24) is 0 Å². The standard InChI is InChI=1S/C10H9ClOS/c1-6-7(5-12)4-9(11)10-8(6)2-3-13-10/h2-4,12H,5H2,1H3. The Morgan fingerprint density at radius 2 is 2.31 bits per heavy atom. The van der Waals surface area contributed by atoms with Crippen molar-refractivity contribution in [3.05, 3.63) is 33.7 Å². The highest BCUT2D eigenvalue weighted by atomic mass is 35.5. The number of benzene rings is 1. The Labute approximate surface area is 85.6 Å². The Kier molecular flexibility index (Phi) is 2.28. The molecular formula is C10H9ClOS. The number of rotatable bonds is 1. The van der Waals surface area contributed by atoms with Gasteiger partial charge in [-0.2, -0.15) is 0 Å². The van der Waals surface area contributed by atoms with Gasteiger partial charge in [0.1, 0.15) is 0 Å². The van der Waals surface area contributed by atoms with Crippen molar-refractivity contribution >= 4 is 33.0 Å². The fraction of sp³-hybridized carbons (Fsp3) is 0.200. The normalized spacial score (nSPS) is 11.0. The van der Waals surface area contributed by atoms with Gasteiger partial charge in [0.05, 0.1) is 16.3 Å². The molecule has 0 unspecified atom stereocenters. The number of hydrogen-bond donors (Lipinski definition) is 1. The lowest BCUT2D eigenvalue weighted by Crippen LogP contribution is -1.88. The quantitative estimate of drug-likeness (QED) is 0.769. The summed E-state index contributed by atoms with van der Waals surface area (Å²) in [6.07, 6.45) is 0. The fourth-order valence-electron chi connectivity index (χ4n) is 1.45. The van der Waals surface area contributed by atoms with Crippen LogP contribution in [0.3, 0.4) is 0 Å². The van der Waals surface area contributed by atoms with Crippen molar-refractivity contribution in [3.63, 3.8) is 0 Å². The molecule has 0 atom stereocenters. The Bertz CT molecular complexity index is 447. The molecule has 0 saturated heterocycles. The van der Waals surface area contributed by atoms with Crippen LogP contribution in [0, 0.1) is 6.92 Å². The van der Waals surface area contributed by atoms with E-state index in [1.807, 2.05) is 24.4 Å². The van der Waals surface area contributed by atoms with Gasteiger partial charge in [0.25, 0.3) is 0 Å². The number of aliphatic hydroxyl groups excluding tert-OH is 1. The van der Waals surface area contributed by atoms with Gasteiger partial charge in [-0.15, -0.1) is 11.3 Å². The maximum absolute atomic E-state index is 9.08. The van der Waals surface area contributed by atoms with Crippen molar-refractivity contribution in [1.29, 1.82) is 0 Å². The molecule has 0 amide bonds. The minimum absolute atomic E-state index is 0.0529. The van der Waals surface area contributed by atoms with Gasteiger partial charge < -0.3 is 5.11 Å². The van der Waals surface area contributed by atoms with Gasteiger partial charge in [-0.3, -0.25) is 0 Å². The molecule has 1 nitrogen and oxygen atoms in total. The zero-order valence-corrected chi connectivity index (χ0v) is 8.75. The van der Waals surface area contributed by atoms with Crippen LogP contribution < -0.4 is 0 Å². The molecule has 3 heteroatoms. The second-order valence-corrected chi connectivity index (χ2v) is 4.29. The first-order valence-electron chi connectivity index (χ1n) is 4.00. The maximum Gasteiger partial charge on any atom is 0.0685 e. The van der Waals surface area contributed by atoms with E-state index in [1.54, 1.807) is 11.3 Å². The van der Waals surface area contributed by atoms with Gasteiger partial charge in [0, 0.05) is 0 Å². The minimum atomic E-state index is 0.0529. The first kappa shape index (κ1) is 9.00. The summed E-state index contributed by atoms with van der Waals surface area (Å²) in [5.41, 5.74) is 2.04. The van der Waals surface area contributed by atoms with E-state index >= 15 is 0 Å². The number of halogens is 1. The summed E-state index contributed by atoms with van der Waals surface area (Å²) >= 11 is 7.69. The first-order valence-corrected chi connectivity index (χ1v) is 5.26. The van der Waals surface area contributed by atoms with Crippen LogP contribution in [0.2, 0.25) is 5.02 Å². The Morgan fingerprint density at radius 1 is 1.54 bits per heavy atom. The van der Waals surface area contributed by atoms with Gasteiger partial charge in [-0.05, 0) is 40.9 Å². The Balaban J connectivity index is 2.85. The summed E-state index contributed by atoms with van der Waals surface area (Å²) in [4.78, 5) is 0. The highest BCUT2D eigenvalue weighted by Gasteiger charge is 2.07. The van der Waals surface area contributed by atoms with E-state index in [0.717, 1.165) is 26.2 Å². The largest absolute Gasteiger partial charge is 0.392 e. The van der Waals surface area contributed by atoms with Crippen LogP contribution in [0.5, 0.6) is 0 Å². The van der Waals surface area contributed by atoms with E-state index in [4.69, 9.17) is 16.7 Å². The zero-order chi connectivity index (χ0) is 9.42. The van der Waals surface area contributed by atoms with Crippen molar-refractivity contribution in [2.75, 3.05) is 0 Å². The van der Waals surface area contributed by atoms with E-state index in [1.165, 1.54) is 0 Å². The van der Waals surface area contributed by atoms with Crippen LogP contribution in [0.15, 0.2) is 17.5 Å². The predicted molar refractivity (Wildman–Crippen MR) is 57.5 cm³/mol. The van der Waals surface area contributed by atoms with Crippen LogP contribution in [0.4, 0.5) is 0 Å². The minimum Gasteiger partial charge on any atom is -0.392 e. The third kappa shape index (κ3) is 1.35. The summed E-state index contributed by atoms with van der Waals surface area (Å²) in [7, 11) is 0. The monoisotopic (exact) mass is 212 g/mol. The second-order valence-electron chi connectivity index (χ2n) is 2.96. The molecule has 1 aromatic heterocycles. The smallest absolute Gasteiger partial charge is 0.0685 e. The lowest BCUT2D eigenvalue weighted by atomic mass is 10.1. The first-order chi connectivity index (χ1) is 6.24. The third-order valence-corrected chi connectivity index (χ3v) is 3.60. The molecular weight excluding hydrogens is 204 g/mol. The number of aryl methyl sites for hydroxylation is 1. The van der Waals surface area contributed by atoms with Crippen molar-refractivity contribution in [2.24, 2.45) is 0 Å². The molecule has 0 fully saturated rings. The fourth-order valence-corrected chi connectivity index (χ4v) is 2.68. The summed E-state index contributed by atoms with van der Waals surface area (Å²) in [6, 6.07) is 3.89. The van der Waals surface area contributed by atoms with E-state index in [-0.39, 0.29) is 6.61 Å². The van der Waals surface area contributed by atoms with Crippen LogP contribution >= 0.6 is 22.9 Å². The molecule has 13 heavy (non-hydrogen) atoms. The van der Waals surface area contributed by atoms with E-state index in [2.05, 4.69) is 0 Å². The molecule has 0 aliphatic rings. The predicted octanol–water partition coefficient (Wildman–Crippen LogP) is 3.36. The Hall–Kier alpha value is -0.570. The zero-order valence-electron chi connectivity index (χ0n) is 7.17. The van der Waals surface area contributed by atoms with Crippen molar-refractivity contribution in [3.8, 4) is 0 Å². The topological polar surface area (TPSA) is 20.2 Å². The van der Waals surface area contributed by atoms with Gasteiger partial charge in [0.15, 0.2) is 0 Å². The third-order valence-electron chi connectivity index (χ3n) is 2.24. The van der Waals surface area contributed by atoms with Crippen LogP contribution in [-0.2, 0) is 6.61 Å². The van der Waals surface area contributed by atoms with Gasteiger partial charge in [-0.1, -0.05) is 11.6 Å². The SMILES string of the molecule is Cc1c(CO)cc(Cl)c2sccc12. The molecule has 0 saturated carbocycles. The van der Waals surface area contributed by atoms with Crippen LogP contribution in [0.1, 0.15) is 11.1 Å². The summed E-state index contributed by atoms with van der Waals surface area (Å²) < 4.78 is 1.11. The molecule has 0 spiro atoms. The van der Waals surface area contributed by atoms with Gasteiger partial charge >= 0.3 is 0 Å². The van der Waals surface area contributed by atoms with Crippen LogP contribution in [0.25, 0.3) is 10.1 Å². The number of hydrogen-bond acceptors (Lipinski definition) is 2. The molecule has 2 aromatic rings. The van der Waals surface area contributed by atoms with E-state index in [0.29, 0.717) is 0 Å². The molecule has 1 aromatic carbocycles. The van der Waals surface area contributed by atoms with E-state index in [9.17, 15) is 0 Å². The average Bonchev–Trinajstić information content (AvgIpc) is 2.60. The lowest BCUT2D eigenvalue weighted by molar-refractivity contribution is 0.281. The lowest BCUT2D eigenvalue weighted by Gasteiger charge is -2.05. The summed E-state index contributed by atoms with van der Waals surface area (Å²) in [5, 5.41) is 13.0. The molecule has 2 rings (SSSR count). The second kappa shape index (κ2) is 3.29. The molecule has 68 valence electrons. The van der Waals surface area contributed by atoms with Crippen molar-refractivity contribution < 1.29 is 5.11 Å². The van der Waals surface area contributed by atoms with Crippen LogP contribution in [-0.4, -0.2) is 5.11 Å². The highest BCUT2D eigenvalue weighted by molar-refractivity contribution is 7.17. The highest BCUT2D eigenvalue weighted by Crippen LogP contribution is 2.33. The average molecular weight is 213 g/mol. The van der Waals surface area contributed by atoms with Crippen molar-refractivity contribution in [2.45, 2.75) is 13.5 Å². The molecule has 0 aliphatic carbocycles.